The molecule has 0 atom stereocenters. The summed E-state index contributed by atoms with van der Waals surface area (Å²) in [5.41, 5.74) is 0. The van der Waals surface area contributed by atoms with E-state index in [1.165, 1.54) is 63.2 Å². The van der Waals surface area contributed by atoms with Crippen molar-refractivity contribution >= 4 is 21.6 Å². The predicted octanol–water partition coefficient (Wildman–Crippen LogP) is 4.68. The van der Waals surface area contributed by atoms with Crippen molar-refractivity contribution in [1.82, 2.24) is 4.90 Å². The van der Waals surface area contributed by atoms with Gasteiger partial charge in [-0.3, -0.25) is 0 Å². The summed E-state index contributed by atoms with van der Waals surface area (Å²) in [5, 5.41) is 0. The van der Waals surface area contributed by atoms with Gasteiger partial charge in [-0.2, -0.15) is 0 Å². The molecule has 0 aliphatic carbocycles. The Morgan fingerprint density at radius 2 is 1.31 bits per heavy atom. The predicted molar refractivity (Wildman–Crippen MR) is 81.5 cm³/mol. The van der Waals surface area contributed by atoms with Crippen molar-refractivity contribution < 1.29 is 0 Å². The Morgan fingerprint density at radius 1 is 0.688 bits per heavy atom. The molecule has 16 heavy (non-hydrogen) atoms. The normalized spacial score (nSPS) is 11.2. The summed E-state index contributed by atoms with van der Waals surface area (Å²) >= 11 is 0. The smallest absolute Gasteiger partial charge is 0.0165 e. The van der Waals surface area contributed by atoms with Crippen LogP contribution in [-0.4, -0.2) is 36.0 Å². The molecule has 0 bridgehead atoms. The molecule has 0 spiro atoms. The van der Waals surface area contributed by atoms with Crippen LogP contribution in [0.15, 0.2) is 0 Å². The molecule has 0 aliphatic heterocycles. The number of nitrogens with zero attached hydrogens (tertiary/aromatic N) is 1. The second-order valence-electron chi connectivity index (χ2n) is 4.19. The van der Waals surface area contributed by atoms with Crippen molar-refractivity contribution in [3.63, 3.8) is 0 Å². The Balaban J connectivity index is 3.25. The van der Waals surface area contributed by atoms with Gasteiger partial charge in [-0.15, -0.1) is 0 Å². The van der Waals surface area contributed by atoms with Gasteiger partial charge in [0.1, 0.15) is 0 Å². The molecule has 0 N–H and O–H groups in total. The van der Waals surface area contributed by atoms with Crippen LogP contribution in [0.1, 0.15) is 52.9 Å². The molecule has 0 radical (unpaired) electrons. The third-order valence-electron chi connectivity index (χ3n) is 2.49. The van der Waals surface area contributed by atoms with E-state index in [0.29, 0.717) is 0 Å². The van der Waals surface area contributed by atoms with Gasteiger partial charge < -0.3 is 4.90 Å². The minimum absolute atomic E-state index is 1.27. The van der Waals surface area contributed by atoms with Crippen LogP contribution in [-0.2, 0) is 0 Å². The highest BCUT2D eigenvalue weighted by Crippen LogP contribution is 2.22. The van der Waals surface area contributed by atoms with Gasteiger partial charge in [-0.1, -0.05) is 55.2 Å². The number of hydrogen-bond donors (Lipinski definition) is 0. The molecule has 0 unspecified atom stereocenters. The number of unbranched alkanes of at least 4 members (excludes halogenated alkanes) is 2. The average molecular weight is 264 g/mol. The fourth-order valence-corrected chi connectivity index (χ4v) is 3.84. The summed E-state index contributed by atoms with van der Waals surface area (Å²) < 4.78 is 0. The molecule has 0 aromatic heterocycles. The van der Waals surface area contributed by atoms with Crippen LogP contribution in [0, 0.1) is 0 Å². The Morgan fingerprint density at radius 3 is 1.88 bits per heavy atom. The third kappa shape index (κ3) is 11.2. The summed E-state index contributed by atoms with van der Waals surface area (Å²) in [7, 11) is 4.12. The minimum Gasteiger partial charge on any atom is -0.303 e. The van der Waals surface area contributed by atoms with Gasteiger partial charge in [-0.25, -0.2) is 0 Å². The highest BCUT2D eigenvalue weighted by atomic mass is 33.1. The summed E-state index contributed by atoms with van der Waals surface area (Å²) in [6, 6.07) is 0. The van der Waals surface area contributed by atoms with E-state index in [1.807, 2.05) is 0 Å². The lowest BCUT2D eigenvalue weighted by atomic mass is 10.3. The van der Waals surface area contributed by atoms with Crippen LogP contribution in [0.4, 0.5) is 0 Å². The van der Waals surface area contributed by atoms with Crippen molar-refractivity contribution in [3.8, 4) is 0 Å². The van der Waals surface area contributed by atoms with E-state index in [1.54, 1.807) is 0 Å². The first-order valence-corrected chi connectivity index (χ1v) is 9.30. The van der Waals surface area contributed by atoms with Crippen molar-refractivity contribution in [1.29, 1.82) is 0 Å². The van der Waals surface area contributed by atoms with Gasteiger partial charge in [0.25, 0.3) is 0 Å². The first-order chi connectivity index (χ1) is 7.85. The van der Waals surface area contributed by atoms with E-state index < -0.39 is 0 Å². The lowest BCUT2D eigenvalue weighted by Gasteiger charge is -2.20. The van der Waals surface area contributed by atoms with Gasteiger partial charge >= 0.3 is 0 Å². The lowest BCUT2D eigenvalue weighted by molar-refractivity contribution is 0.292. The molecule has 0 fully saturated rings. The van der Waals surface area contributed by atoms with Crippen LogP contribution >= 0.6 is 21.6 Å². The Labute approximate surface area is 111 Å². The number of hydrogen-bond acceptors (Lipinski definition) is 3. The van der Waals surface area contributed by atoms with Crippen LogP contribution in [0.25, 0.3) is 0 Å². The van der Waals surface area contributed by atoms with Crippen molar-refractivity contribution in [3.05, 3.63) is 0 Å². The topological polar surface area (TPSA) is 3.24 Å². The SMILES string of the molecule is CCCCCSSCCN(CCC)CCC. The van der Waals surface area contributed by atoms with Crippen LogP contribution in [0.2, 0.25) is 0 Å². The zero-order valence-corrected chi connectivity index (χ0v) is 13.0. The first-order valence-electron chi connectivity index (χ1n) is 6.81. The van der Waals surface area contributed by atoms with Gasteiger partial charge in [-0.05, 0) is 32.4 Å². The maximum absolute atomic E-state index is 2.60. The molecule has 0 amide bonds. The Bertz CT molecular complexity index is 125. The molecular weight excluding hydrogens is 234 g/mol. The summed E-state index contributed by atoms with van der Waals surface area (Å²) in [5.74, 6) is 2.62. The Hall–Kier alpha value is 0.660. The van der Waals surface area contributed by atoms with Crippen molar-refractivity contribution in [2.75, 3.05) is 31.1 Å². The quantitative estimate of drug-likeness (QED) is 0.372. The third-order valence-corrected chi connectivity index (χ3v) is 4.96. The van der Waals surface area contributed by atoms with E-state index in [0.717, 1.165) is 0 Å². The molecule has 98 valence electrons. The lowest BCUT2D eigenvalue weighted by Crippen LogP contribution is -2.27. The number of rotatable bonds is 12. The molecular formula is C13H29NS2. The van der Waals surface area contributed by atoms with Crippen LogP contribution < -0.4 is 0 Å². The molecule has 0 heterocycles. The minimum atomic E-state index is 1.27. The van der Waals surface area contributed by atoms with Gasteiger partial charge in [0.2, 0.25) is 0 Å². The maximum Gasteiger partial charge on any atom is 0.0165 e. The van der Waals surface area contributed by atoms with E-state index in [2.05, 4.69) is 47.3 Å². The molecule has 0 saturated carbocycles. The van der Waals surface area contributed by atoms with Crippen molar-refractivity contribution in [2.45, 2.75) is 52.9 Å². The molecule has 0 aromatic rings. The summed E-state index contributed by atoms with van der Waals surface area (Å²) in [4.78, 5) is 2.60. The Kier molecular flexibility index (Phi) is 14.3. The first kappa shape index (κ1) is 16.7. The molecule has 0 saturated heterocycles. The summed E-state index contributed by atoms with van der Waals surface area (Å²) in [6.45, 7) is 10.6. The molecule has 0 aromatic carbocycles. The van der Waals surface area contributed by atoms with E-state index in [4.69, 9.17) is 0 Å². The van der Waals surface area contributed by atoms with Gasteiger partial charge in [0.15, 0.2) is 0 Å². The fraction of sp³-hybridized carbons (Fsp3) is 1.00. The maximum atomic E-state index is 2.60. The zero-order chi connectivity index (χ0) is 12.1. The highest BCUT2D eigenvalue weighted by Gasteiger charge is 2.01. The zero-order valence-electron chi connectivity index (χ0n) is 11.3. The molecule has 0 rings (SSSR count). The van der Waals surface area contributed by atoms with Gasteiger partial charge in [0.05, 0.1) is 0 Å². The second-order valence-corrected chi connectivity index (χ2v) is 6.89. The van der Waals surface area contributed by atoms with Crippen LogP contribution in [0.3, 0.4) is 0 Å². The molecule has 0 aliphatic rings. The summed E-state index contributed by atoms with van der Waals surface area (Å²) in [6.07, 6.45) is 6.70. The molecule has 1 nitrogen and oxygen atoms in total. The molecule has 3 heteroatoms. The van der Waals surface area contributed by atoms with E-state index in [-0.39, 0.29) is 0 Å². The highest BCUT2D eigenvalue weighted by molar-refractivity contribution is 8.76. The van der Waals surface area contributed by atoms with E-state index >= 15 is 0 Å². The standard InChI is InChI=1S/C13H29NS2/c1-4-7-8-12-15-16-13-11-14(9-5-2)10-6-3/h4-13H2,1-3H3. The fourth-order valence-electron chi connectivity index (χ4n) is 1.66. The van der Waals surface area contributed by atoms with Crippen LogP contribution in [0.5, 0.6) is 0 Å². The van der Waals surface area contributed by atoms with Crippen molar-refractivity contribution in [2.24, 2.45) is 0 Å². The monoisotopic (exact) mass is 263 g/mol. The van der Waals surface area contributed by atoms with Gasteiger partial charge in [0, 0.05) is 18.1 Å². The average Bonchev–Trinajstić information content (AvgIpc) is 2.28. The largest absolute Gasteiger partial charge is 0.303 e. The van der Waals surface area contributed by atoms with E-state index in [9.17, 15) is 0 Å². The second kappa shape index (κ2) is 13.7.